The summed E-state index contributed by atoms with van der Waals surface area (Å²) in [5.41, 5.74) is 2.79. The number of rotatable bonds is 4. The molecule has 2 aromatic heterocycles. The lowest BCUT2D eigenvalue weighted by Gasteiger charge is -2.09. The van der Waals surface area contributed by atoms with E-state index in [0.29, 0.717) is 40.0 Å². The molecule has 0 saturated carbocycles. The molecule has 1 amide bonds. The molecule has 0 saturated heterocycles. The zero-order valence-electron chi connectivity index (χ0n) is 13.2. The summed E-state index contributed by atoms with van der Waals surface area (Å²) in [5, 5.41) is 15.6. The largest absolute Gasteiger partial charge is 0.492 e. The van der Waals surface area contributed by atoms with Crippen molar-refractivity contribution in [2.75, 3.05) is 11.9 Å². The summed E-state index contributed by atoms with van der Waals surface area (Å²) in [6, 6.07) is 10.8. The first kappa shape index (κ1) is 14.9. The number of aromatic nitrogens is 6. The van der Waals surface area contributed by atoms with Gasteiger partial charge in [0, 0.05) is 0 Å². The van der Waals surface area contributed by atoms with Crippen molar-refractivity contribution in [2.45, 2.75) is 6.92 Å². The van der Waals surface area contributed by atoms with Gasteiger partial charge in [0.2, 0.25) is 5.95 Å². The van der Waals surface area contributed by atoms with Crippen molar-refractivity contribution in [1.29, 1.82) is 0 Å². The van der Waals surface area contributed by atoms with Crippen LogP contribution in [0.2, 0.25) is 0 Å². The van der Waals surface area contributed by atoms with E-state index in [9.17, 15) is 4.79 Å². The monoisotopic (exact) mass is 335 g/mol. The van der Waals surface area contributed by atoms with E-state index in [1.165, 1.54) is 0 Å². The number of benzene rings is 2. The first-order valence-electron chi connectivity index (χ1n) is 7.63. The SMILES string of the molecule is CCOc1cccc2nc3c(C(=O)Nc4nnn[nH]4)cccc3nc12. The van der Waals surface area contributed by atoms with Crippen LogP contribution in [0.3, 0.4) is 0 Å². The normalized spacial score (nSPS) is 10.9. The van der Waals surface area contributed by atoms with Crippen molar-refractivity contribution in [3.8, 4) is 5.75 Å². The molecule has 25 heavy (non-hydrogen) atoms. The first-order chi connectivity index (χ1) is 12.3. The Labute approximate surface area is 141 Å². The number of nitrogens with one attached hydrogen (secondary N) is 2. The van der Waals surface area contributed by atoms with Crippen molar-refractivity contribution in [3.63, 3.8) is 0 Å². The predicted octanol–water partition coefficient (Wildman–Crippen LogP) is 1.95. The summed E-state index contributed by atoms with van der Waals surface area (Å²) >= 11 is 0. The number of aromatic amines is 1. The molecule has 0 radical (unpaired) electrons. The van der Waals surface area contributed by atoms with Gasteiger partial charge in [0.25, 0.3) is 5.91 Å². The Morgan fingerprint density at radius 3 is 2.64 bits per heavy atom. The second-order valence-electron chi connectivity index (χ2n) is 5.16. The summed E-state index contributed by atoms with van der Waals surface area (Å²) in [4.78, 5) is 21.7. The van der Waals surface area contributed by atoms with Gasteiger partial charge in [0.1, 0.15) is 16.8 Å². The van der Waals surface area contributed by atoms with Crippen molar-refractivity contribution in [1.82, 2.24) is 30.6 Å². The number of carbonyl (C=O) groups is 1. The number of hydrogen-bond acceptors (Lipinski definition) is 7. The summed E-state index contributed by atoms with van der Waals surface area (Å²) in [6.45, 7) is 2.45. The van der Waals surface area contributed by atoms with Crippen LogP contribution in [0.4, 0.5) is 5.95 Å². The van der Waals surface area contributed by atoms with Gasteiger partial charge < -0.3 is 4.74 Å². The van der Waals surface area contributed by atoms with E-state index in [1.54, 1.807) is 18.2 Å². The van der Waals surface area contributed by atoms with Crippen LogP contribution in [0, 0.1) is 0 Å². The molecule has 0 fully saturated rings. The molecule has 0 bridgehead atoms. The number of nitrogens with zero attached hydrogens (tertiary/aromatic N) is 5. The second kappa shape index (κ2) is 6.11. The zero-order valence-corrected chi connectivity index (χ0v) is 13.2. The molecule has 0 aliphatic carbocycles. The predicted molar refractivity (Wildman–Crippen MR) is 90.3 cm³/mol. The molecule has 0 aliphatic rings. The second-order valence-corrected chi connectivity index (χ2v) is 5.16. The average Bonchev–Trinajstić information content (AvgIpc) is 3.13. The van der Waals surface area contributed by atoms with Gasteiger partial charge in [-0.3, -0.25) is 10.1 Å². The van der Waals surface area contributed by atoms with Gasteiger partial charge in [-0.25, -0.2) is 15.1 Å². The van der Waals surface area contributed by atoms with Crippen molar-refractivity contribution >= 4 is 33.9 Å². The lowest BCUT2D eigenvalue weighted by molar-refractivity contribution is 0.102. The standard InChI is InChI=1S/C16H13N7O2/c1-2-25-12-8-4-7-11-14(12)18-10-6-3-5-9(13(10)17-11)15(24)19-16-20-22-23-21-16/h3-8H,2H2,1H3,(H2,19,20,21,22,23,24). The van der Waals surface area contributed by atoms with Gasteiger partial charge in [-0.05, 0) is 41.6 Å². The van der Waals surface area contributed by atoms with Gasteiger partial charge in [-0.1, -0.05) is 17.2 Å². The molecular weight excluding hydrogens is 322 g/mol. The highest BCUT2D eigenvalue weighted by atomic mass is 16.5. The topological polar surface area (TPSA) is 119 Å². The van der Waals surface area contributed by atoms with Crippen LogP contribution in [0.5, 0.6) is 5.75 Å². The van der Waals surface area contributed by atoms with Crippen molar-refractivity contribution in [2.24, 2.45) is 0 Å². The van der Waals surface area contributed by atoms with E-state index in [-0.39, 0.29) is 11.9 Å². The maximum Gasteiger partial charge on any atom is 0.260 e. The van der Waals surface area contributed by atoms with Crippen LogP contribution < -0.4 is 10.1 Å². The first-order valence-corrected chi connectivity index (χ1v) is 7.63. The van der Waals surface area contributed by atoms with Crippen LogP contribution in [-0.2, 0) is 0 Å². The van der Waals surface area contributed by atoms with Gasteiger partial charge in [0.05, 0.1) is 23.2 Å². The highest BCUT2D eigenvalue weighted by molar-refractivity contribution is 6.11. The maximum atomic E-state index is 12.5. The van der Waals surface area contributed by atoms with Crippen molar-refractivity contribution < 1.29 is 9.53 Å². The highest BCUT2D eigenvalue weighted by Gasteiger charge is 2.15. The van der Waals surface area contributed by atoms with E-state index in [2.05, 4.69) is 35.9 Å². The lowest BCUT2D eigenvalue weighted by Crippen LogP contribution is -2.14. The molecule has 4 rings (SSSR count). The molecule has 9 heteroatoms. The van der Waals surface area contributed by atoms with Crippen LogP contribution in [-0.4, -0.2) is 43.1 Å². The molecule has 9 nitrogen and oxygen atoms in total. The zero-order chi connectivity index (χ0) is 17.2. The Morgan fingerprint density at radius 2 is 1.88 bits per heavy atom. The number of hydrogen-bond donors (Lipinski definition) is 2. The van der Waals surface area contributed by atoms with E-state index in [0.717, 1.165) is 0 Å². The molecule has 0 aliphatic heterocycles. The molecule has 2 N–H and O–H groups in total. The smallest absolute Gasteiger partial charge is 0.260 e. The number of tetrazole rings is 1. The number of H-pyrrole nitrogens is 1. The molecule has 0 atom stereocenters. The average molecular weight is 335 g/mol. The van der Waals surface area contributed by atoms with Gasteiger partial charge >= 0.3 is 0 Å². The Balaban J connectivity index is 1.85. The van der Waals surface area contributed by atoms with E-state index in [1.807, 2.05) is 25.1 Å². The van der Waals surface area contributed by atoms with Gasteiger partial charge in [-0.2, -0.15) is 0 Å². The number of para-hydroxylation sites is 2. The molecule has 0 unspecified atom stereocenters. The number of ether oxygens (including phenoxy) is 1. The quantitative estimate of drug-likeness (QED) is 0.547. The van der Waals surface area contributed by atoms with Crippen LogP contribution >= 0.6 is 0 Å². The molecular formula is C16H13N7O2. The van der Waals surface area contributed by atoms with Crippen LogP contribution in [0.1, 0.15) is 17.3 Å². The molecule has 124 valence electrons. The minimum Gasteiger partial charge on any atom is -0.492 e. The Morgan fingerprint density at radius 1 is 1.12 bits per heavy atom. The molecule has 0 spiro atoms. The third-order valence-corrected chi connectivity index (χ3v) is 3.58. The number of anilines is 1. The fourth-order valence-electron chi connectivity index (χ4n) is 2.54. The van der Waals surface area contributed by atoms with E-state index in [4.69, 9.17) is 4.74 Å². The highest BCUT2D eigenvalue weighted by Crippen LogP contribution is 2.26. The molecule has 4 aromatic rings. The third kappa shape index (κ3) is 2.71. The third-order valence-electron chi connectivity index (χ3n) is 3.58. The van der Waals surface area contributed by atoms with E-state index < -0.39 is 0 Å². The van der Waals surface area contributed by atoms with E-state index >= 15 is 0 Å². The number of fused-ring (bicyclic) bond motifs is 2. The minimum atomic E-state index is -0.376. The Kier molecular flexibility index (Phi) is 3.65. The number of amides is 1. The molecule has 2 heterocycles. The van der Waals surface area contributed by atoms with Crippen LogP contribution in [0.25, 0.3) is 22.1 Å². The fourth-order valence-corrected chi connectivity index (χ4v) is 2.54. The Bertz CT molecular complexity index is 1060. The van der Waals surface area contributed by atoms with Crippen molar-refractivity contribution in [3.05, 3.63) is 42.0 Å². The Hall–Kier alpha value is -3.62. The van der Waals surface area contributed by atoms with Gasteiger partial charge in [0.15, 0.2) is 0 Å². The van der Waals surface area contributed by atoms with Gasteiger partial charge in [-0.15, -0.1) is 0 Å². The number of carbonyl (C=O) groups excluding carboxylic acids is 1. The maximum absolute atomic E-state index is 12.5. The summed E-state index contributed by atoms with van der Waals surface area (Å²) in [7, 11) is 0. The minimum absolute atomic E-state index is 0.161. The lowest BCUT2D eigenvalue weighted by atomic mass is 10.1. The molecule has 2 aromatic carbocycles. The summed E-state index contributed by atoms with van der Waals surface area (Å²) < 4.78 is 5.61. The summed E-state index contributed by atoms with van der Waals surface area (Å²) in [6.07, 6.45) is 0. The van der Waals surface area contributed by atoms with Crippen LogP contribution in [0.15, 0.2) is 36.4 Å². The fraction of sp³-hybridized carbons (Fsp3) is 0.125. The summed E-state index contributed by atoms with van der Waals surface area (Å²) in [5.74, 6) is 0.449.